The lowest BCUT2D eigenvalue weighted by Gasteiger charge is -2.14. The van der Waals surface area contributed by atoms with Crippen molar-refractivity contribution in [2.75, 3.05) is 21.3 Å². The molecule has 0 N–H and O–H groups in total. The van der Waals surface area contributed by atoms with Crippen molar-refractivity contribution in [3.8, 4) is 17.2 Å². The zero-order valence-electron chi connectivity index (χ0n) is 13.1. The fourth-order valence-corrected chi connectivity index (χ4v) is 2.17. The molecule has 23 heavy (non-hydrogen) atoms. The van der Waals surface area contributed by atoms with Gasteiger partial charge in [-0.2, -0.15) is 0 Å². The third-order valence-electron chi connectivity index (χ3n) is 3.25. The van der Waals surface area contributed by atoms with Crippen LogP contribution in [0.25, 0.3) is 6.08 Å². The topological polar surface area (TPSA) is 44.8 Å². The molecule has 2 aromatic rings. The van der Waals surface area contributed by atoms with Crippen molar-refractivity contribution in [2.45, 2.75) is 0 Å². The van der Waals surface area contributed by atoms with E-state index in [4.69, 9.17) is 14.2 Å². The van der Waals surface area contributed by atoms with Gasteiger partial charge in [0, 0.05) is 0 Å². The van der Waals surface area contributed by atoms with E-state index in [1.807, 2.05) is 0 Å². The Bertz CT molecular complexity index is 738. The van der Waals surface area contributed by atoms with Crippen LogP contribution in [0.5, 0.6) is 17.2 Å². The molecule has 0 aromatic heterocycles. The van der Waals surface area contributed by atoms with E-state index in [2.05, 4.69) is 0 Å². The molecule has 0 amide bonds. The number of benzene rings is 2. The monoisotopic (exact) mass is 316 g/mol. The van der Waals surface area contributed by atoms with Crippen molar-refractivity contribution in [1.29, 1.82) is 0 Å². The van der Waals surface area contributed by atoms with Crippen LogP contribution in [0.2, 0.25) is 0 Å². The van der Waals surface area contributed by atoms with Crippen LogP contribution in [0.1, 0.15) is 15.9 Å². The summed E-state index contributed by atoms with van der Waals surface area (Å²) in [4.78, 5) is 12.4. The molecule has 0 atom stereocenters. The van der Waals surface area contributed by atoms with E-state index < -0.39 is 0 Å². The third-order valence-corrected chi connectivity index (χ3v) is 3.25. The first-order valence-electron chi connectivity index (χ1n) is 6.87. The molecule has 0 aliphatic rings. The zero-order valence-corrected chi connectivity index (χ0v) is 13.1. The highest BCUT2D eigenvalue weighted by atomic mass is 19.1. The van der Waals surface area contributed by atoms with E-state index in [-0.39, 0.29) is 11.6 Å². The predicted molar refractivity (Wildman–Crippen MR) is 85.9 cm³/mol. The number of ketones is 1. The fraction of sp³-hybridized carbons (Fsp3) is 0.167. The van der Waals surface area contributed by atoms with Gasteiger partial charge in [-0.1, -0.05) is 18.2 Å². The summed E-state index contributed by atoms with van der Waals surface area (Å²) in [7, 11) is 4.42. The average molecular weight is 316 g/mol. The maximum absolute atomic E-state index is 13.1. The van der Waals surface area contributed by atoms with Crippen molar-refractivity contribution < 1.29 is 23.4 Å². The normalized spacial score (nSPS) is 10.6. The predicted octanol–water partition coefficient (Wildman–Crippen LogP) is 3.75. The van der Waals surface area contributed by atoms with Crippen molar-refractivity contribution in [2.24, 2.45) is 0 Å². The summed E-state index contributed by atoms with van der Waals surface area (Å²) < 4.78 is 28.9. The van der Waals surface area contributed by atoms with E-state index >= 15 is 0 Å². The minimum absolute atomic E-state index is 0.285. The smallest absolute Gasteiger partial charge is 0.204 e. The maximum Gasteiger partial charge on any atom is 0.204 e. The highest BCUT2D eigenvalue weighted by Crippen LogP contribution is 2.40. The number of rotatable bonds is 6. The maximum atomic E-state index is 13.1. The first-order chi connectivity index (χ1) is 11.1. The number of ether oxygens (including phenoxy) is 3. The SMILES string of the molecule is COc1ccc(C(=O)C=Cc2cccc(F)c2)c(OC)c1OC. The van der Waals surface area contributed by atoms with Crippen LogP contribution in [-0.4, -0.2) is 27.1 Å². The Labute approximate surface area is 134 Å². The van der Waals surface area contributed by atoms with E-state index in [0.717, 1.165) is 0 Å². The number of hydrogen-bond donors (Lipinski definition) is 0. The van der Waals surface area contributed by atoms with Crippen molar-refractivity contribution in [1.82, 2.24) is 0 Å². The second-order valence-corrected chi connectivity index (χ2v) is 4.63. The van der Waals surface area contributed by atoms with Crippen LogP contribution in [0, 0.1) is 5.82 Å². The molecule has 0 radical (unpaired) electrons. The summed E-state index contributed by atoms with van der Waals surface area (Å²) in [6.07, 6.45) is 2.90. The van der Waals surface area contributed by atoms with Gasteiger partial charge in [0.15, 0.2) is 17.3 Å². The quantitative estimate of drug-likeness (QED) is 0.601. The molecular weight excluding hydrogens is 299 g/mol. The largest absolute Gasteiger partial charge is 0.493 e. The fourth-order valence-electron chi connectivity index (χ4n) is 2.17. The van der Waals surface area contributed by atoms with Crippen LogP contribution in [0.15, 0.2) is 42.5 Å². The molecule has 0 saturated carbocycles. The molecule has 0 spiro atoms. The second kappa shape index (κ2) is 7.45. The van der Waals surface area contributed by atoms with Crippen molar-refractivity contribution >= 4 is 11.9 Å². The highest BCUT2D eigenvalue weighted by molar-refractivity contribution is 6.09. The Hall–Kier alpha value is -2.82. The van der Waals surface area contributed by atoms with Gasteiger partial charge in [0.1, 0.15) is 5.82 Å². The molecule has 120 valence electrons. The summed E-state index contributed by atoms with van der Waals surface area (Å²) in [6, 6.07) is 9.20. The molecule has 0 aliphatic carbocycles. The minimum Gasteiger partial charge on any atom is -0.493 e. The number of carbonyl (C=O) groups is 1. The standard InChI is InChI=1S/C18H17FO4/c1-21-16-10-8-14(17(22-2)18(16)23-3)15(20)9-7-12-5-4-6-13(19)11-12/h4-11H,1-3H3. The van der Waals surface area contributed by atoms with Crippen molar-refractivity contribution in [3.05, 3.63) is 59.4 Å². The average Bonchev–Trinajstić information content (AvgIpc) is 2.58. The van der Waals surface area contributed by atoms with Gasteiger partial charge in [0.05, 0.1) is 26.9 Å². The lowest BCUT2D eigenvalue weighted by atomic mass is 10.1. The van der Waals surface area contributed by atoms with Gasteiger partial charge >= 0.3 is 0 Å². The number of hydrogen-bond acceptors (Lipinski definition) is 4. The summed E-state index contributed by atoms with van der Waals surface area (Å²) in [5.41, 5.74) is 0.926. The van der Waals surface area contributed by atoms with Gasteiger partial charge in [-0.05, 0) is 35.9 Å². The van der Waals surface area contributed by atoms with Crippen LogP contribution < -0.4 is 14.2 Å². The van der Waals surface area contributed by atoms with Crippen LogP contribution in [-0.2, 0) is 0 Å². The molecule has 0 heterocycles. The Morgan fingerprint density at radius 3 is 2.35 bits per heavy atom. The van der Waals surface area contributed by atoms with E-state index in [0.29, 0.717) is 28.4 Å². The number of halogens is 1. The van der Waals surface area contributed by atoms with Crippen LogP contribution in [0.4, 0.5) is 4.39 Å². The minimum atomic E-state index is -0.358. The molecule has 4 nitrogen and oxygen atoms in total. The number of methoxy groups -OCH3 is 3. The first kappa shape index (κ1) is 16.5. The number of allylic oxidation sites excluding steroid dienone is 1. The molecule has 2 rings (SSSR count). The Morgan fingerprint density at radius 2 is 1.74 bits per heavy atom. The molecule has 0 unspecified atom stereocenters. The molecule has 0 saturated heterocycles. The second-order valence-electron chi connectivity index (χ2n) is 4.63. The first-order valence-corrected chi connectivity index (χ1v) is 6.87. The zero-order chi connectivity index (χ0) is 16.8. The lowest BCUT2D eigenvalue weighted by Crippen LogP contribution is -2.02. The number of carbonyl (C=O) groups excluding carboxylic acids is 1. The van der Waals surface area contributed by atoms with E-state index in [1.54, 1.807) is 30.3 Å². The summed E-state index contributed by atoms with van der Waals surface area (Å²) in [5.74, 6) is 0.464. The molecular formula is C18H17FO4. The van der Waals surface area contributed by atoms with Gasteiger partial charge in [-0.3, -0.25) is 4.79 Å². The summed E-state index contributed by atoms with van der Waals surface area (Å²) in [6.45, 7) is 0. The Balaban J connectivity index is 2.35. The molecule has 5 heteroatoms. The van der Waals surface area contributed by atoms with Gasteiger partial charge in [-0.25, -0.2) is 4.39 Å². The highest BCUT2D eigenvalue weighted by Gasteiger charge is 2.19. The lowest BCUT2D eigenvalue weighted by molar-refractivity contribution is 0.104. The van der Waals surface area contributed by atoms with Gasteiger partial charge < -0.3 is 14.2 Å². The summed E-state index contributed by atoms with van der Waals surface area (Å²) >= 11 is 0. The summed E-state index contributed by atoms with van der Waals surface area (Å²) in [5, 5.41) is 0. The van der Waals surface area contributed by atoms with Gasteiger partial charge in [-0.15, -0.1) is 0 Å². The molecule has 0 fully saturated rings. The van der Waals surface area contributed by atoms with Crippen LogP contribution in [0.3, 0.4) is 0 Å². The van der Waals surface area contributed by atoms with Gasteiger partial charge in [0.25, 0.3) is 0 Å². The van der Waals surface area contributed by atoms with E-state index in [9.17, 15) is 9.18 Å². The Kier molecular flexibility index (Phi) is 5.36. The van der Waals surface area contributed by atoms with Gasteiger partial charge in [0.2, 0.25) is 5.75 Å². The van der Waals surface area contributed by atoms with Crippen molar-refractivity contribution in [3.63, 3.8) is 0 Å². The molecule has 0 bridgehead atoms. The Morgan fingerprint density at radius 1 is 1.00 bits per heavy atom. The molecule has 0 aliphatic heterocycles. The molecule has 2 aromatic carbocycles. The van der Waals surface area contributed by atoms with E-state index in [1.165, 1.54) is 39.5 Å². The third kappa shape index (κ3) is 3.69. The van der Waals surface area contributed by atoms with Crippen LogP contribution >= 0.6 is 0 Å².